The van der Waals surface area contributed by atoms with E-state index in [1.807, 2.05) is 6.07 Å². The molecule has 1 heterocycles. The first-order chi connectivity index (χ1) is 8.56. The van der Waals surface area contributed by atoms with Crippen LogP contribution in [0.25, 0.3) is 0 Å². The third-order valence-corrected chi connectivity index (χ3v) is 3.90. The molecule has 4 heteroatoms. The first-order valence-corrected chi connectivity index (χ1v) is 7.03. The minimum absolute atomic E-state index is 0.174. The Kier molecular flexibility index (Phi) is 4.51. The van der Waals surface area contributed by atoms with Gasteiger partial charge in [0.1, 0.15) is 11.6 Å². The molecule has 1 atom stereocenters. The SMILES string of the molecule is CC(=O)CC1CCCN1Cc1cc(Br)ccc1F. The van der Waals surface area contributed by atoms with Crippen LogP contribution in [0.1, 0.15) is 31.7 Å². The number of ketones is 1. The predicted octanol–water partition coefficient (Wildman–Crippen LogP) is 3.53. The molecular weight excluding hydrogens is 297 g/mol. The van der Waals surface area contributed by atoms with E-state index in [0.717, 1.165) is 23.9 Å². The normalized spacial score (nSPS) is 20.3. The minimum Gasteiger partial charge on any atom is -0.300 e. The standard InChI is InChI=1S/C14H17BrFNO/c1-10(18)7-13-3-2-6-17(13)9-11-8-12(15)4-5-14(11)16/h4-5,8,13H,2-3,6-7,9H2,1H3. The molecule has 1 aliphatic heterocycles. The van der Waals surface area contributed by atoms with Crippen LogP contribution in [-0.4, -0.2) is 23.3 Å². The predicted molar refractivity (Wildman–Crippen MR) is 72.8 cm³/mol. The van der Waals surface area contributed by atoms with Gasteiger partial charge in [0.2, 0.25) is 0 Å². The summed E-state index contributed by atoms with van der Waals surface area (Å²) in [5.74, 6) is 0.0355. The highest BCUT2D eigenvalue weighted by atomic mass is 79.9. The number of Topliss-reactive ketones (excluding diaryl/α,β-unsaturated/α-hetero) is 1. The fraction of sp³-hybridized carbons (Fsp3) is 0.500. The molecule has 0 amide bonds. The number of rotatable bonds is 4. The summed E-state index contributed by atoms with van der Waals surface area (Å²) in [5, 5.41) is 0. The van der Waals surface area contributed by atoms with E-state index in [1.54, 1.807) is 13.0 Å². The lowest BCUT2D eigenvalue weighted by Crippen LogP contribution is -2.30. The summed E-state index contributed by atoms with van der Waals surface area (Å²) in [7, 11) is 0. The van der Waals surface area contributed by atoms with Gasteiger partial charge in [-0.2, -0.15) is 0 Å². The highest BCUT2D eigenvalue weighted by molar-refractivity contribution is 9.10. The van der Waals surface area contributed by atoms with Crippen LogP contribution in [0.3, 0.4) is 0 Å². The van der Waals surface area contributed by atoms with Crippen LogP contribution in [0.15, 0.2) is 22.7 Å². The lowest BCUT2D eigenvalue weighted by molar-refractivity contribution is -0.118. The van der Waals surface area contributed by atoms with Crippen LogP contribution in [0.5, 0.6) is 0 Å². The first kappa shape index (κ1) is 13.7. The molecule has 98 valence electrons. The smallest absolute Gasteiger partial charge is 0.131 e. The molecule has 2 nitrogen and oxygen atoms in total. The van der Waals surface area contributed by atoms with Gasteiger partial charge in [-0.3, -0.25) is 9.69 Å². The first-order valence-electron chi connectivity index (χ1n) is 6.23. The van der Waals surface area contributed by atoms with Crippen molar-refractivity contribution in [1.29, 1.82) is 0 Å². The zero-order valence-corrected chi connectivity index (χ0v) is 12.0. The van der Waals surface area contributed by atoms with Gasteiger partial charge in [-0.25, -0.2) is 4.39 Å². The Hall–Kier alpha value is -0.740. The van der Waals surface area contributed by atoms with Crippen molar-refractivity contribution in [3.63, 3.8) is 0 Å². The molecule has 0 radical (unpaired) electrons. The van der Waals surface area contributed by atoms with Crippen molar-refractivity contribution in [2.24, 2.45) is 0 Å². The van der Waals surface area contributed by atoms with Crippen LogP contribution in [0, 0.1) is 5.82 Å². The second-order valence-corrected chi connectivity index (χ2v) is 5.82. The minimum atomic E-state index is -0.174. The van der Waals surface area contributed by atoms with E-state index < -0.39 is 0 Å². The molecule has 0 N–H and O–H groups in total. The fourth-order valence-corrected chi connectivity index (χ4v) is 2.96. The Bertz CT molecular complexity index is 449. The zero-order chi connectivity index (χ0) is 13.1. The maximum Gasteiger partial charge on any atom is 0.131 e. The van der Waals surface area contributed by atoms with Gasteiger partial charge in [0.05, 0.1) is 0 Å². The Morgan fingerprint density at radius 3 is 3.06 bits per heavy atom. The van der Waals surface area contributed by atoms with Crippen LogP contribution in [-0.2, 0) is 11.3 Å². The average Bonchev–Trinajstić information content (AvgIpc) is 2.70. The highest BCUT2D eigenvalue weighted by Gasteiger charge is 2.26. The Morgan fingerprint density at radius 1 is 1.56 bits per heavy atom. The summed E-state index contributed by atoms with van der Waals surface area (Å²) < 4.78 is 14.6. The summed E-state index contributed by atoms with van der Waals surface area (Å²) in [6.07, 6.45) is 2.71. The molecule has 1 aromatic rings. The van der Waals surface area contributed by atoms with Crippen LogP contribution < -0.4 is 0 Å². The molecule has 2 rings (SSSR count). The molecule has 0 aliphatic carbocycles. The molecule has 0 aromatic heterocycles. The Labute approximate surface area is 115 Å². The second kappa shape index (κ2) is 5.93. The van der Waals surface area contributed by atoms with E-state index in [2.05, 4.69) is 20.8 Å². The fourth-order valence-electron chi connectivity index (χ4n) is 2.55. The summed E-state index contributed by atoms with van der Waals surface area (Å²) in [6, 6.07) is 5.28. The monoisotopic (exact) mass is 313 g/mol. The maximum absolute atomic E-state index is 13.7. The van der Waals surface area contributed by atoms with Crippen molar-refractivity contribution in [3.05, 3.63) is 34.1 Å². The van der Waals surface area contributed by atoms with E-state index in [1.165, 1.54) is 6.07 Å². The molecule has 0 saturated carbocycles. The number of halogens is 2. The molecule has 1 aromatic carbocycles. The van der Waals surface area contributed by atoms with Gasteiger partial charge in [0, 0.05) is 29.0 Å². The number of hydrogen-bond acceptors (Lipinski definition) is 2. The molecule has 0 bridgehead atoms. The summed E-state index contributed by atoms with van der Waals surface area (Å²) >= 11 is 3.36. The van der Waals surface area contributed by atoms with Crippen molar-refractivity contribution in [2.45, 2.75) is 38.8 Å². The van der Waals surface area contributed by atoms with Crippen molar-refractivity contribution in [2.75, 3.05) is 6.54 Å². The quantitative estimate of drug-likeness (QED) is 0.847. The van der Waals surface area contributed by atoms with Gasteiger partial charge in [-0.1, -0.05) is 15.9 Å². The zero-order valence-electron chi connectivity index (χ0n) is 10.5. The van der Waals surface area contributed by atoms with Gasteiger partial charge >= 0.3 is 0 Å². The highest BCUT2D eigenvalue weighted by Crippen LogP contribution is 2.25. The number of carbonyl (C=O) groups excluding carboxylic acids is 1. The molecule has 1 fully saturated rings. The van der Waals surface area contributed by atoms with E-state index in [9.17, 15) is 9.18 Å². The van der Waals surface area contributed by atoms with Gasteiger partial charge in [0.25, 0.3) is 0 Å². The third kappa shape index (κ3) is 3.39. The third-order valence-electron chi connectivity index (χ3n) is 3.40. The number of likely N-dealkylation sites (tertiary alicyclic amines) is 1. The molecule has 18 heavy (non-hydrogen) atoms. The van der Waals surface area contributed by atoms with E-state index >= 15 is 0 Å². The summed E-state index contributed by atoms with van der Waals surface area (Å²) in [4.78, 5) is 13.4. The van der Waals surface area contributed by atoms with Crippen LogP contribution >= 0.6 is 15.9 Å². The topological polar surface area (TPSA) is 20.3 Å². The maximum atomic E-state index is 13.7. The van der Waals surface area contributed by atoms with Crippen molar-refractivity contribution in [1.82, 2.24) is 4.90 Å². The van der Waals surface area contributed by atoms with Gasteiger partial charge in [-0.05, 0) is 44.5 Å². The molecule has 1 aliphatic rings. The largest absolute Gasteiger partial charge is 0.300 e. The van der Waals surface area contributed by atoms with Crippen LogP contribution in [0.2, 0.25) is 0 Å². The van der Waals surface area contributed by atoms with E-state index in [4.69, 9.17) is 0 Å². The van der Waals surface area contributed by atoms with Gasteiger partial charge in [0.15, 0.2) is 0 Å². The lowest BCUT2D eigenvalue weighted by Gasteiger charge is -2.23. The summed E-state index contributed by atoms with van der Waals surface area (Å²) in [6.45, 7) is 3.16. The van der Waals surface area contributed by atoms with Gasteiger partial charge in [-0.15, -0.1) is 0 Å². The van der Waals surface area contributed by atoms with Crippen molar-refractivity contribution in [3.8, 4) is 0 Å². The van der Waals surface area contributed by atoms with Gasteiger partial charge < -0.3 is 0 Å². The van der Waals surface area contributed by atoms with E-state index in [-0.39, 0.29) is 17.6 Å². The number of carbonyl (C=O) groups is 1. The van der Waals surface area contributed by atoms with E-state index in [0.29, 0.717) is 18.5 Å². The summed E-state index contributed by atoms with van der Waals surface area (Å²) in [5.41, 5.74) is 0.694. The second-order valence-electron chi connectivity index (χ2n) is 4.91. The molecular formula is C14H17BrFNO. The lowest BCUT2D eigenvalue weighted by atomic mass is 10.1. The number of benzene rings is 1. The average molecular weight is 314 g/mol. The van der Waals surface area contributed by atoms with Crippen molar-refractivity contribution >= 4 is 21.7 Å². The Balaban J connectivity index is 2.08. The molecule has 0 spiro atoms. The molecule has 1 unspecified atom stereocenters. The van der Waals surface area contributed by atoms with Crippen LogP contribution in [0.4, 0.5) is 4.39 Å². The molecule has 1 saturated heterocycles. The number of nitrogens with zero attached hydrogens (tertiary/aromatic N) is 1. The number of hydrogen-bond donors (Lipinski definition) is 0. The van der Waals surface area contributed by atoms with Crippen molar-refractivity contribution < 1.29 is 9.18 Å². The Morgan fingerprint density at radius 2 is 2.33 bits per heavy atom.